The summed E-state index contributed by atoms with van der Waals surface area (Å²) in [5.41, 5.74) is 0.985. The third-order valence-electron chi connectivity index (χ3n) is 2.67. The predicted octanol–water partition coefficient (Wildman–Crippen LogP) is 1.31. The first-order valence-electron chi connectivity index (χ1n) is 5.88. The Balaban J connectivity index is 2.06. The Morgan fingerprint density at radius 1 is 1.29 bits per heavy atom. The van der Waals surface area contributed by atoms with E-state index in [9.17, 15) is 13.2 Å². The fourth-order valence-electron chi connectivity index (χ4n) is 1.63. The number of nitrogens with two attached hydrogens (primary N) is 1. The van der Waals surface area contributed by atoms with Crippen molar-refractivity contribution in [3.8, 4) is 0 Å². The highest BCUT2D eigenvalue weighted by Gasteiger charge is 2.09. The standard InChI is InChI=1S/C13H12ClN3O3S/c14-12-5-4-10(8-16-12)13(18)17-7-9-2-1-3-11(6-9)21(15,19)20/h1-6,8H,7H2,(H,17,18)(H2,15,19,20). The van der Waals surface area contributed by atoms with Gasteiger partial charge < -0.3 is 5.32 Å². The molecule has 0 radical (unpaired) electrons. The summed E-state index contributed by atoms with van der Waals surface area (Å²) in [7, 11) is -3.76. The lowest BCUT2D eigenvalue weighted by Crippen LogP contribution is -2.23. The van der Waals surface area contributed by atoms with Gasteiger partial charge in [-0.1, -0.05) is 23.7 Å². The molecule has 0 unspecified atom stereocenters. The number of hydrogen-bond donors (Lipinski definition) is 2. The smallest absolute Gasteiger partial charge is 0.253 e. The number of halogens is 1. The van der Waals surface area contributed by atoms with Crippen LogP contribution < -0.4 is 10.5 Å². The minimum atomic E-state index is -3.76. The van der Waals surface area contributed by atoms with E-state index in [4.69, 9.17) is 16.7 Å². The van der Waals surface area contributed by atoms with Crippen molar-refractivity contribution in [2.24, 2.45) is 5.14 Å². The molecule has 8 heteroatoms. The number of hydrogen-bond acceptors (Lipinski definition) is 4. The number of nitrogens with zero attached hydrogens (tertiary/aromatic N) is 1. The molecule has 1 aromatic carbocycles. The Labute approximate surface area is 127 Å². The van der Waals surface area contributed by atoms with Crippen LogP contribution in [-0.4, -0.2) is 19.3 Å². The molecule has 21 heavy (non-hydrogen) atoms. The van der Waals surface area contributed by atoms with Crippen LogP contribution in [0.2, 0.25) is 5.15 Å². The second-order valence-corrected chi connectivity index (χ2v) is 6.19. The van der Waals surface area contributed by atoms with E-state index in [1.807, 2.05) is 0 Å². The van der Waals surface area contributed by atoms with E-state index in [0.29, 0.717) is 16.3 Å². The normalized spacial score (nSPS) is 11.1. The van der Waals surface area contributed by atoms with Crippen molar-refractivity contribution in [2.45, 2.75) is 11.4 Å². The summed E-state index contributed by atoms with van der Waals surface area (Å²) in [6.07, 6.45) is 1.36. The van der Waals surface area contributed by atoms with Gasteiger partial charge in [-0.3, -0.25) is 4.79 Å². The van der Waals surface area contributed by atoms with Crippen LogP contribution in [0.5, 0.6) is 0 Å². The summed E-state index contributed by atoms with van der Waals surface area (Å²) in [6.45, 7) is 0.171. The average Bonchev–Trinajstić information content (AvgIpc) is 2.45. The lowest BCUT2D eigenvalue weighted by Gasteiger charge is -2.06. The van der Waals surface area contributed by atoms with Gasteiger partial charge in [0.2, 0.25) is 10.0 Å². The molecule has 2 rings (SSSR count). The maximum Gasteiger partial charge on any atom is 0.253 e. The van der Waals surface area contributed by atoms with E-state index in [-0.39, 0.29) is 17.3 Å². The number of aromatic nitrogens is 1. The van der Waals surface area contributed by atoms with Gasteiger partial charge in [0.25, 0.3) is 5.91 Å². The lowest BCUT2D eigenvalue weighted by molar-refractivity contribution is 0.0950. The van der Waals surface area contributed by atoms with Crippen LogP contribution in [0.4, 0.5) is 0 Å². The highest BCUT2D eigenvalue weighted by atomic mass is 35.5. The van der Waals surface area contributed by atoms with Gasteiger partial charge >= 0.3 is 0 Å². The fourth-order valence-corrected chi connectivity index (χ4v) is 2.32. The van der Waals surface area contributed by atoms with Crippen molar-refractivity contribution in [1.82, 2.24) is 10.3 Å². The number of carbonyl (C=O) groups excluding carboxylic acids is 1. The second-order valence-electron chi connectivity index (χ2n) is 4.24. The summed E-state index contributed by atoms with van der Waals surface area (Å²) < 4.78 is 22.5. The molecular weight excluding hydrogens is 314 g/mol. The van der Waals surface area contributed by atoms with Crippen LogP contribution in [0.3, 0.4) is 0 Å². The van der Waals surface area contributed by atoms with Crippen LogP contribution >= 0.6 is 11.6 Å². The van der Waals surface area contributed by atoms with Gasteiger partial charge in [0, 0.05) is 12.7 Å². The second kappa shape index (κ2) is 6.21. The Morgan fingerprint density at radius 2 is 2.05 bits per heavy atom. The van der Waals surface area contributed by atoms with Crippen molar-refractivity contribution in [1.29, 1.82) is 0 Å². The first-order valence-corrected chi connectivity index (χ1v) is 7.80. The summed E-state index contributed by atoms with van der Waals surface area (Å²) >= 11 is 5.64. The van der Waals surface area contributed by atoms with Crippen molar-refractivity contribution in [2.75, 3.05) is 0 Å². The number of carbonyl (C=O) groups is 1. The van der Waals surface area contributed by atoms with Crippen LogP contribution in [0, 0.1) is 0 Å². The van der Waals surface area contributed by atoms with Crippen molar-refractivity contribution in [3.05, 3.63) is 58.9 Å². The zero-order valence-corrected chi connectivity index (χ0v) is 12.4. The molecule has 1 aromatic heterocycles. The first-order chi connectivity index (χ1) is 9.86. The number of rotatable bonds is 4. The SMILES string of the molecule is NS(=O)(=O)c1cccc(CNC(=O)c2ccc(Cl)nc2)c1. The van der Waals surface area contributed by atoms with Crippen LogP contribution in [0.15, 0.2) is 47.5 Å². The first kappa shape index (κ1) is 15.4. The van der Waals surface area contributed by atoms with Crippen molar-refractivity contribution >= 4 is 27.5 Å². The van der Waals surface area contributed by atoms with Gasteiger partial charge in [-0.25, -0.2) is 18.5 Å². The minimum absolute atomic E-state index is 0.00223. The topological polar surface area (TPSA) is 102 Å². The van der Waals surface area contributed by atoms with Gasteiger partial charge in [0.05, 0.1) is 10.5 Å². The van der Waals surface area contributed by atoms with Crippen LogP contribution in [-0.2, 0) is 16.6 Å². The maximum atomic E-state index is 11.9. The molecule has 0 aliphatic heterocycles. The van der Waals surface area contributed by atoms with E-state index in [1.165, 1.54) is 24.4 Å². The molecule has 0 spiro atoms. The molecule has 0 saturated heterocycles. The van der Waals surface area contributed by atoms with Gasteiger partial charge in [-0.05, 0) is 29.8 Å². The van der Waals surface area contributed by atoms with Gasteiger partial charge in [-0.2, -0.15) is 0 Å². The molecule has 3 N–H and O–H groups in total. The van der Waals surface area contributed by atoms with E-state index < -0.39 is 10.0 Å². The van der Waals surface area contributed by atoms with Gasteiger partial charge in [0.15, 0.2) is 0 Å². The summed E-state index contributed by atoms with van der Waals surface area (Å²) in [6, 6.07) is 9.11. The Hall–Kier alpha value is -1.96. The molecule has 2 aromatic rings. The Morgan fingerprint density at radius 3 is 2.67 bits per heavy atom. The molecular formula is C13H12ClN3O3S. The average molecular weight is 326 g/mol. The number of benzene rings is 1. The maximum absolute atomic E-state index is 11.9. The number of nitrogens with one attached hydrogen (secondary N) is 1. The summed E-state index contributed by atoms with van der Waals surface area (Å²) in [5.74, 6) is -0.333. The quantitative estimate of drug-likeness (QED) is 0.827. The fraction of sp³-hybridized carbons (Fsp3) is 0.0769. The van der Waals surface area contributed by atoms with E-state index in [1.54, 1.807) is 18.2 Å². The highest BCUT2D eigenvalue weighted by Crippen LogP contribution is 2.10. The number of pyridine rings is 1. The third-order valence-corrected chi connectivity index (χ3v) is 3.80. The third kappa shape index (κ3) is 4.25. The molecule has 0 fully saturated rings. The lowest BCUT2D eigenvalue weighted by atomic mass is 10.2. The Kier molecular flexibility index (Phi) is 4.56. The molecule has 1 amide bonds. The largest absolute Gasteiger partial charge is 0.348 e. The summed E-state index contributed by atoms with van der Waals surface area (Å²) in [5, 5.41) is 8.01. The molecule has 6 nitrogen and oxygen atoms in total. The zero-order valence-electron chi connectivity index (χ0n) is 10.8. The monoisotopic (exact) mass is 325 g/mol. The molecule has 110 valence electrons. The minimum Gasteiger partial charge on any atom is -0.348 e. The number of primary sulfonamides is 1. The highest BCUT2D eigenvalue weighted by molar-refractivity contribution is 7.89. The molecule has 0 bridgehead atoms. The zero-order chi connectivity index (χ0) is 15.5. The van der Waals surface area contributed by atoms with E-state index in [0.717, 1.165) is 0 Å². The van der Waals surface area contributed by atoms with Gasteiger partial charge in [-0.15, -0.1) is 0 Å². The molecule has 0 aliphatic carbocycles. The predicted molar refractivity (Wildman–Crippen MR) is 78.2 cm³/mol. The van der Waals surface area contributed by atoms with Crippen LogP contribution in [0.1, 0.15) is 15.9 Å². The summed E-state index contributed by atoms with van der Waals surface area (Å²) in [4.78, 5) is 15.7. The van der Waals surface area contributed by atoms with E-state index >= 15 is 0 Å². The van der Waals surface area contributed by atoms with Gasteiger partial charge in [0.1, 0.15) is 5.15 Å². The number of sulfonamides is 1. The Bertz CT molecular complexity index is 760. The van der Waals surface area contributed by atoms with Crippen LogP contribution in [0.25, 0.3) is 0 Å². The molecule has 0 atom stereocenters. The molecule has 1 heterocycles. The number of amides is 1. The van der Waals surface area contributed by atoms with E-state index in [2.05, 4.69) is 10.3 Å². The molecule has 0 aliphatic rings. The molecule has 0 saturated carbocycles. The van der Waals surface area contributed by atoms with Crippen molar-refractivity contribution < 1.29 is 13.2 Å². The van der Waals surface area contributed by atoms with Crippen molar-refractivity contribution in [3.63, 3.8) is 0 Å².